The first kappa shape index (κ1) is 26.4. The van der Waals surface area contributed by atoms with Crippen molar-refractivity contribution in [3.05, 3.63) is 70.5 Å². The molecule has 1 N–H and O–H groups in total. The molecule has 2 aromatic rings. The highest BCUT2D eigenvalue weighted by molar-refractivity contribution is 5.78. The summed E-state index contributed by atoms with van der Waals surface area (Å²) >= 11 is 0. The Kier molecular flexibility index (Phi) is 6.62. The molecule has 2 aliphatic rings. The van der Waals surface area contributed by atoms with E-state index < -0.39 is 59.1 Å². The largest absolute Gasteiger partial charge is 0.416 e. The van der Waals surface area contributed by atoms with E-state index in [0.717, 1.165) is 0 Å². The van der Waals surface area contributed by atoms with Crippen molar-refractivity contribution in [1.82, 2.24) is 4.90 Å². The minimum Gasteiger partial charge on any atom is -0.388 e. The fourth-order valence-corrected chi connectivity index (χ4v) is 5.21. The predicted octanol–water partition coefficient (Wildman–Crippen LogP) is 5.85. The average Bonchev–Trinajstić information content (AvgIpc) is 3.16. The van der Waals surface area contributed by atoms with Crippen LogP contribution in [0.3, 0.4) is 0 Å². The molecule has 2 saturated heterocycles. The summed E-state index contributed by atoms with van der Waals surface area (Å²) < 4.78 is 99.7. The Morgan fingerprint density at radius 2 is 1.58 bits per heavy atom. The Morgan fingerprint density at radius 1 is 1.03 bits per heavy atom. The summed E-state index contributed by atoms with van der Waals surface area (Å²) in [4.78, 5) is 14.1. The lowest BCUT2D eigenvalue weighted by Crippen LogP contribution is -2.56. The molecular weight excluding hydrogens is 495 g/mol. The number of alkyl halides is 6. The highest BCUT2D eigenvalue weighted by Crippen LogP contribution is 2.46. The zero-order chi connectivity index (χ0) is 26.6. The molecule has 2 aliphatic heterocycles. The van der Waals surface area contributed by atoms with Crippen LogP contribution in [0.15, 0.2) is 42.5 Å². The van der Waals surface area contributed by atoms with Crippen LogP contribution in [-0.2, 0) is 21.9 Å². The molecule has 1 amide bonds. The van der Waals surface area contributed by atoms with Crippen LogP contribution < -0.4 is 0 Å². The van der Waals surface area contributed by atoms with Crippen LogP contribution in [0.5, 0.6) is 0 Å². The number of fused-ring (bicyclic) bond motifs is 1. The van der Waals surface area contributed by atoms with E-state index in [9.17, 15) is 40.6 Å². The minimum absolute atomic E-state index is 0.0306. The number of nitrogens with zero attached hydrogens (tertiary/aromatic N) is 1. The summed E-state index contributed by atoms with van der Waals surface area (Å²) in [6, 6.07) is 5.81. The number of amides is 1. The van der Waals surface area contributed by atoms with Gasteiger partial charge >= 0.3 is 12.4 Å². The zero-order valence-electron chi connectivity index (χ0n) is 19.3. The summed E-state index contributed by atoms with van der Waals surface area (Å²) in [6.07, 6.45) is -11.9. The lowest BCUT2D eigenvalue weighted by molar-refractivity contribution is -0.147. The van der Waals surface area contributed by atoms with Gasteiger partial charge in [-0.25, -0.2) is 4.39 Å². The van der Waals surface area contributed by atoms with Crippen molar-refractivity contribution < 1.29 is 45.4 Å². The quantitative estimate of drug-likeness (QED) is 0.516. The van der Waals surface area contributed by atoms with Gasteiger partial charge in [-0.3, -0.25) is 4.79 Å². The molecule has 0 aliphatic carbocycles. The third-order valence-electron chi connectivity index (χ3n) is 6.97. The molecule has 4 rings (SSSR count). The van der Waals surface area contributed by atoms with Crippen LogP contribution in [0.2, 0.25) is 0 Å². The molecule has 5 atom stereocenters. The molecule has 0 aromatic heterocycles. The number of rotatable bonds is 4. The molecule has 4 nitrogen and oxygen atoms in total. The third-order valence-corrected chi connectivity index (χ3v) is 6.97. The monoisotopic (exact) mass is 519 g/mol. The number of hydrogen-bond acceptors (Lipinski definition) is 3. The van der Waals surface area contributed by atoms with Crippen molar-refractivity contribution in [2.24, 2.45) is 0 Å². The number of piperidine rings is 1. The van der Waals surface area contributed by atoms with Gasteiger partial charge in [0.25, 0.3) is 0 Å². The van der Waals surface area contributed by atoms with E-state index in [2.05, 4.69) is 0 Å². The summed E-state index contributed by atoms with van der Waals surface area (Å²) in [5.41, 5.74) is -4.07. The molecule has 2 fully saturated rings. The standard InChI is InChI=1S/C25H24F7NO3/c1-13(15-9-16(24(27,28)29)11-17(10-15)25(30,31)32)36-19-12-33-20(34)7-8-23(2,35)22(33)21(19)14-3-5-18(26)6-4-14/h3-6,9-11,13,19,21-22,35H,7-8,12H2,1-2H3/t13-,19+,21?,22-,23?/m1/s1. The first-order valence-corrected chi connectivity index (χ1v) is 11.3. The molecule has 0 spiro atoms. The Balaban J connectivity index is 1.72. The zero-order valence-corrected chi connectivity index (χ0v) is 19.3. The maximum Gasteiger partial charge on any atom is 0.416 e. The van der Waals surface area contributed by atoms with E-state index in [1.807, 2.05) is 0 Å². The average molecular weight is 519 g/mol. The molecular formula is C25H24F7NO3. The van der Waals surface area contributed by atoms with Crippen molar-refractivity contribution in [3.63, 3.8) is 0 Å². The predicted molar refractivity (Wildman–Crippen MR) is 114 cm³/mol. The van der Waals surface area contributed by atoms with E-state index >= 15 is 0 Å². The minimum atomic E-state index is -5.01. The van der Waals surface area contributed by atoms with Gasteiger partial charge in [0, 0.05) is 18.9 Å². The maximum absolute atomic E-state index is 13.6. The van der Waals surface area contributed by atoms with Crippen molar-refractivity contribution in [2.75, 3.05) is 6.54 Å². The lowest BCUT2D eigenvalue weighted by Gasteiger charge is -2.43. The number of carbonyl (C=O) groups excluding carboxylic acids is 1. The van der Waals surface area contributed by atoms with Crippen LogP contribution in [0.4, 0.5) is 30.7 Å². The number of aliphatic hydroxyl groups is 1. The van der Waals surface area contributed by atoms with Gasteiger partial charge in [-0.2, -0.15) is 26.3 Å². The Bertz CT molecular complexity index is 1100. The van der Waals surface area contributed by atoms with Crippen molar-refractivity contribution in [3.8, 4) is 0 Å². The van der Waals surface area contributed by atoms with Gasteiger partial charge in [0.15, 0.2) is 0 Å². The molecule has 11 heteroatoms. The number of benzene rings is 2. The van der Waals surface area contributed by atoms with Crippen molar-refractivity contribution >= 4 is 5.91 Å². The molecule has 0 bridgehead atoms. The summed E-state index contributed by atoms with van der Waals surface area (Å²) in [6.45, 7) is 2.85. The number of carbonyl (C=O) groups is 1. The third kappa shape index (κ3) is 5.08. The Morgan fingerprint density at radius 3 is 2.11 bits per heavy atom. The summed E-state index contributed by atoms with van der Waals surface area (Å²) in [7, 11) is 0. The van der Waals surface area contributed by atoms with Gasteiger partial charge in [-0.1, -0.05) is 12.1 Å². The first-order valence-electron chi connectivity index (χ1n) is 11.3. The van der Waals surface area contributed by atoms with Gasteiger partial charge in [-0.15, -0.1) is 0 Å². The first-order chi connectivity index (χ1) is 16.6. The van der Waals surface area contributed by atoms with Crippen molar-refractivity contribution in [2.45, 2.75) is 68.8 Å². The highest BCUT2D eigenvalue weighted by Gasteiger charge is 2.55. The van der Waals surface area contributed by atoms with Gasteiger partial charge < -0.3 is 14.7 Å². The van der Waals surface area contributed by atoms with Crippen LogP contribution in [0, 0.1) is 5.82 Å². The second kappa shape index (κ2) is 9.02. The van der Waals surface area contributed by atoms with Crippen LogP contribution in [0.1, 0.15) is 61.0 Å². The van der Waals surface area contributed by atoms with E-state index in [-0.39, 0.29) is 36.9 Å². The molecule has 0 radical (unpaired) electrons. The summed E-state index contributed by atoms with van der Waals surface area (Å²) in [5.74, 6) is -1.47. The topological polar surface area (TPSA) is 49.8 Å². The van der Waals surface area contributed by atoms with Gasteiger partial charge in [-0.05, 0) is 61.7 Å². The normalized spacial score (nSPS) is 27.8. The highest BCUT2D eigenvalue weighted by atomic mass is 19.4. The molecule has 196 valence electrons. The van der Waals surface area contributed by atoms with Gasteiger partial charge in [0.1, 0.15) is 5.82 Å². The molecule has 2 heterocycles. The van der Waals surface area contributed by atoms with E-state index in [1.54, 1.807) is 6.92 Å². The van der Waals surface area contributed by atoms with E-state index in [1.165, 1.54) is 36.1 Å². The van der Waals surface area contributed by atoms with Crippen LogP contribution >= 0.6 is 0 Å². The Hall–Kier alpha value is -2.66. The number of halogens is 7. The molecule has 2 unspecified atom stereocenters. The summed E-state index contributed by atoms with van der Waals surface area (Å²) in [5, 5.41) is 11.1. The van der Waals surface area contributed by atoms with E-state index in [4.69, 9.17) is 4.74 Å². The fourth-order valence-electron chi connectivity index (χ4n) is 5.21. The lowest BCUT2D eigenvalue weighted by atomic mass is 9.77. The van der Waals surface area contributed by atoms with Crippen LogP contribution in [0.25, 0.3) is 0 Å². The second-order valence-electron chi connectivity index (χ2n) is 9.58. The van der Waals surface area contributed by atoms with Crippen molar-refractivity contribution in [1.29, 1.82) is 0 Å². The SMILES string of the molecule is C[C@@H](O[C@H]1CN2C(=O)CCC(C)(O)[C@H]2C1c1ccc(F)cc1)c1cc(C(F)(F)F)cc(C(F)(F)F)c1. The number of hydrogen-bond donors (Lipinski definition) is 1. The van der Waals surface area contributed by atoms with Gasteiger partial charge in [0.05, 0.1) is 35.0 Å². The molecule has 0 saturated carbocycles. The number of ether oxygens (including phenoxy) is 1. The molecule has 36 heavy (non-hydrogen) atoms. The fraction of sp³-hybridized carbons (Fsp3) is 0.480. The maximum atomic E-state index is 13.6. The van der Waals surface area contributed by atoms with Crippen LogP contribution in [-0.4, -0.2) is 40.2 Å². The van der Waals surface area contributed by atoms with E-state index in [0.29, 0.717) is 17.7 Å². The molecule has 2 aromatic carbocycles. The smallest absolute Gasteiger partial charge is 0.388 e. The van der Waals surface area contributed by atoms with Gasteiger partial charge in [0.2, 0.25) is 5.91 Å². The second-order valence-corrected chi connectivity index (χ2v) is 9.58. The Labute approximate surface area is 202 Å².